The van der Waals surface area contributed by atoms with E-state index in [2.05, 4.69) is 15.4 Å². The van der Waals surface area contributed by atoms with Crippen molar-refractivity contribution in [3.63, 3.8) is 0 Å². The summed E-state index contributed by atoms with van der Waals surface area (Å²) in [5.74, 6) is 1.32. The topological polar surface area (TPSA) is 103 Å². The average molecular weight is 433 g/mol. The van der Waals surface area contributed by atoms with Crippen LogP contribution in [0.15, 0.2) is 71.0 Å². The van der Waals surface area contributed by atoms with Gasteiger partial charge in [-0.05, 0) is 24.0 Å². The molecule has 0 unspecified atom stereocenters. The fourth-order valence-electron chi connectivity index (χ4n) is 4.04. The minimum absolute atomic E-state index is 0.0122. The maximum atomic E-state index is 12.9. The minimum atomic E-state index is -0.530. The summed E-state index contributed by atoms with van der Waals surface area (Å²) in [5, 5.41) is 19.9. The lowest BCUT2D eigenvalue weighted by Crippen LogP contribution is -2.31. The van der Waals surface area contributed by atoms with E-state index in [1.54, 1.807) is 16.8 Å². The number of nitrogens with zero attached hydrogens (tertiary/aromatic N) is 4. The highest BCUT2D eigenvalue weighted by atomic mass is 32.2. The van der Waals surface area contributed by atoms with Crippen LogP contribution in [0.1, 0.15) is 36.4 Å². The van der Waals surface area contributed by atoms with Gasteiger partial charge >= 0.3 is 0 Å². The molecule has 0 saturated heterocycles. The number of carbonyl (C=O) groups excluding carboxylic acids is 1. The van der Waals surface area contributed by atoms with Gasteiger partial charge in [-0.1, -0.05) is 54.2 Å². The summed E-state index contributed by atoms with van der Waals surface area (Å²) in [5.41, 5.74) is 3.28. The zero-order chi connectivity index (χ0) is 21.4. The summed E-state index contributed by atoms with van der Waals surface area (Å²) >= 11 is 1.51. The number of nitro groups is 1. The number of fused-ring (bicyclic) bond motifs is 1. The summed E-state index contributed by atoms with van der Waals surface area (Å²) < 4.78 is 1.69. The number of rotatable bonds is 5. The fraction of sp³-hybridized carbons (Fsp3) is 0.227. The number of aromatic nitrogens is 3. The van der Waals surface area contributed by atoms with Crippen molar-refractivity contribution in [1.29, 1.82) is 0 Å². The van der Waals surface area contributed by atoms with Crippen molar-refractivity contribution in [3.8, 4) is 0 Å². The van der Waals surface area contributed by atoms with Crippen LogP contribution in [0.25, 0.3) is 0 Å². The van der Waals surface area contributed by atoms with Gasteiger partial charge in [0.05, 0.1) is 4.92 Å². The first-order chi connectivity index (χ1) is 15.1. The van der Waals surface area contributed by atoms with E-state index in [0.717, 1.165) is 29.9 Å². The number of non-ortho nitro benzene ring substituents is 1. The van der Waals surface area contributed by atoms with Crippen LogP contribution in [-0.2, 0) is 10.5 Å². The molecule has 156 valence electrons. The number of carbonyl (C=O) groups is 1. The largest absolute Gasteiger partial charge is 0.328 e. The summed E-state index contributed by atoms with van der Waals surface area (Å²) in [6.45, 7) is 0. The van der Waals surface area contributed by atoms with E-state index in [9.17, 15) is 14.9 Å². The maximum Gasteiger partial charge on any atom is 0.269 e. The van der Waals surface area contributed by atoms with Crippen LogP contribution in [0, 0.1) is 10.1 Å². The summed E-state index contributed by atoms with van der Waals surface area (Å²) in [7, 11) is 0. The van der Waals surface area contributed by atoms with Crippen LogP contribution in [0.3, 0.4) is 0 Å². The minimum Gasteiger partial charge on any atom is -0.328 e. The number of thioether (sulfide) groups is 1. The molecule has 9 heteroatoms. The molecule has 0 amide bonds. The molecule has 2 aromatic carbocycles. The number of anilines is 1. The molecule has 1 aliphatic carbocycles. The highest BCUT2D eigenvalue weighted by molar-refractivity contribution is 7.98. The van der Waals surface area contributed by atoms with Crippen LogP contribution in [0.5, 0.6) is 0 Å². The van der Waals surface area contributed by atoms with E-state index in [1.807, 2.05) is 30.3 Å². The molecular formula is C22H19N5O3S. The van der Waals surface area contributed by atoms with Gasteiger partial charge in [-0.15, -0.1) is 5.10 Å². The lowest BCUT2D eigenvalue weighted by Gasteiger charge is -2.32. The zero-order valence-electron chi connectivity index (χ0n) is 16.5. The Morgan fingerprint density at radius 1 is 1.16 bits per heavy atom. The third kappa shape index (κ3) is 3.72. The predicted octanol–water partition coefficient (Wildman–Crippen LogP) is 4.50. The summed E-state index contributed by atoms with van der Waals surface area (Å²) in [4.78, 5) is 28.4. The number of ketones is 1. The van der Waals surface area contributed by atoms with Gasteiger partial charge in [-0.25, -0.2) is 4.68 Å². The number of hydrogen-bond donors (Lipinski definition) is 1. The number of nitrogens with one attached hydrogen (secondary N) is 1. The monoisotopic (exact) mass is 433 g/mol. The second kappa shape index (κ2) is 7.99. The molecule has 2 heterocycles. The second-order valence-electron chi connectivity index (χ2n) is 7.49. The van der Waals surface area contributed by atoms with Crippen molar-refractivity contribution >= 4 is 29.2 Å². The van der Waals surface area contributed by atoms with Gasteiger partial charge < -0.3 is 5.32 Å². The van der Waals surface area contributed by atoms with Crippen LogP contribution in [-0.4, -0.2) is 25.5 Å². The summed E-state index contributed by atoms with van der Waals surface area (Å²) in [6.07, 6.45) is 1.98. The van der Waals surface area contributed by atoms with Crippen molar-refractivity contribution in [2.45, 2.75) is 36.2 Å². The smallest absolute Gasteiger partial charge is 0.269 e. The Kier molecular flexibility index (Phi) is 5.03. The van der Waals surface area contributed by atoms with Crippen molar-refractivity contribution in [3.05, 3.63) is 87.1 Å². The lowest BCUT2D eigenvalue weighted by atomic mass is 9.85. The summed E-state index contributed by atoms with van der Waals surface area (Å²) in [6, 6.07) is 15.9. The molecule has 0 radical (unpaired) electrons. The standard InChI is InChI=1S/C22H19N5O3S/c28-18-11-5-10-17-19(18)20(15-8-4-9-16(12-15)27(29)30)26-21(23-17)24-22(25-26)31-13-14-6-2-1-3-7-14/h1-4,6-9,12,20H,5,10-11,13H2,(H,23,24,25)/t20-/m1/s1. The Bertz CT molecular complexity index is 1200. The lowest BCUT2D eigenvalue weighted by molar-refractivity contribution is -0.384. The van der Waals surface area contributed by atoms with Crippen molar-refractivity contribution in [2.75, 3.05) is 5.32 Å². The Morgan fingerprint density at radius 3 is 2.81 bits per heavy atom. The molecule has 0 fully saturated rings. The highest BCUT2D eigenvalue weighted by Gasteiger charge is 2.37. The van der Waals surface area contributed by atoms with Crippen LogP contribution in [0.4, 0.5) is 11.6 Å². The highest BCUT2D eigenvalue weighted by Crippen LogP contribution is 2.41. The van der Waals surface area contributed by atoms with Gasteiger partial charge in [0, 0.05) is 35.6 Å². The first kappa shape index (κ1) is 19.5. The Morgan fingerprint density at radius 2 is 2.00 bits per heavy atom. The van der Waals surface area contributed by atoms with E-state index in [0.29, 0.717) is 28.7 Å². The van der Waals surface area contributed by atoms with Gasteiger partial charge in [-0.3, -0.25) is 14.9 Å². The average Bonchev–Trinajstić information content (AvgIpc) is 3.20. The molecule has 1 aliphatic heterocycles. The normalized spacial score (nSPS) is 17.7. The van der Waals surface area contributed by atoms with Gasteiger partial charge in [0.2, 0.25) is 11.1 Å². The van der Waals surface area contributed by atoms with E-state index in [-0.39, 0.29) is 11.5 Å². The second-order valence-corrected chi connectivity index (χ2v) is 8.43. The van der Waals surface area contributed by atoms with Crippen molar-refractivity contribution in [1.82, 2.24) is 14.8 Å². The number of allylic oxidation sites excluding steroid dienone is 2. The van der Waals surface area contributed by atoms with E-state index in [1.165, 1.54) is 23.9 Å². The van der Waals surface area contributed by atoms with Crippen molar-refractivity contribution < 1.29 is 9.72 Å². The Labute approximate surface area is 182 Å². The Hall–Kier alpha value is -3.46. The number of Topliss-reactive ketones (excluding diaryl/α,β-unsaturated/α-hetero) is 1. The zero-order valence-corrected chi connectivity index (χ0v) is 17.3. The molecule has 0 spiro atoms. The third-order valence-electron chi connectivity index (χ3n) is 5.46. The number of hydrogen-bond acceptors (Lipinski definition) is 7. The SMILES string of the molecule is O=C1CCCC2=C1[C@@H](c1cccc([N+](=O)[O-])c1)n1nc(SCc3ccccc3)nc1N2. The molecule has 31 heavy (non-hydrogen) atoms. The number of benzene rings is 2. The predicted molar refractivity (Wildman–Crippen MR) is 117 cm³/mol. The number of nitro benzene ring substituents is 1. The van der Waals surface area contributed by atoms with Crippen molar-refractivity contribution in [2.24, 2.45) is 0 Å². The van der Waals surface area contributed by atoms with E-state index < -0.39 is 11.0 Å². The Balaban J connectivity index is 1.54. The van der Waals surface area contributed by atoms with Crippen LogP contribution < -0.4 is 5.32 Å². The molecule has 1 N–H and O–H groups in total. The third-order valence-corrected chi connectivity index (χ3v) is 6.37. The quantitative estimate of drug-likeness (QED) is 0.359. The molecule has 5 rings (SSSR count). The van der Waals surface area contributed by atoms with E-state index >= 15 is 0 Å². The molecule has 8 nitrogen and oxygen atoms in total. The van der Waals surface area contributed by atoms with Gasteiger partial charge in [-0.2, -0.15) is 4.98 Å². The molecule has 3 aromatic rings. The first-order valence-electron chi connectivity index (χ1n) is 10.0. The molecular weight excluding hydrogens is 414 g/mol. The molecule has 2 aliphatic rings. The molecule has 1 aromatic heterocycles. The molecule has 0 saturated carbocycles. The van der Waals surface area contributed by atoms with E-state index in [4.69, 9.17) is 0 Å². The van der Waals surface area contributed by atoms with Gasteiger partial charge in [0.1, 0.15) is 6.04 Å². The molecule has 1 atom stereocenters. The van der Waals surface area contributed by atoms with Gasteiger partial charge in [0.15, 0.2) is 5.78 Å². The maximum absolute atomic E-state index is 12.9. The van der Waals surface area contributed by atoms with Crippen LogP contribution >= 0.6 is 11.8 Å². The molecule has 0 bridgehead atoms. The first-order valence-corrected chi connectivity index (χ1v) is 11.0. The fourth-order valence-corrected chi connectivity index (χ4v) is 4.82. The van der Waals surface area contributed by atoms with Gasteiger partial charge in [0.25, 0.3) is 5.69 Å². The van der Waals surface area contributed by atoms with Crippen LogP contribution in [0.2, 0.25) is 0 Å².